The average molecular weight is 1220 g/mol. The average Bonchev–Trinajstić information content (AvgIpc) is 3.70. The van der Waals surface area contributed by atoms with Crippen molar-refractivity contribution in [3.8, 4) is 0 Å². The van der Waals surface area contributed by atoms with E-state index in [1.54, 1.807) is 6.08 Å². The van der Waals surface area contributed by atoms with Gasteiger partial charge < -0.3 is 19.8 Å². The van der Waals surface area contributed by atoms with Crippen LogP contribution in [0.25, 0.3) is 0 Å². The van der Waals surface area contributed by atoms with Gasteiger partial charge in [0, 0.05) is 6.42 Å². The number of hydrogen-bond donors (Lipinski definition) is 3. The summed E-state index contributed by atoms with van der Waals surface area (Å²) in [4.78, 5) is 23.4. The molecule has 0 saturated carbocycles. The molecule has 0 heterocycles. The van der Waals surface area contributed by atoms with Gasteiger partial charge in [-0.3, -0.25) is 13.8 Å². The van der Waals surface area contributed by atoms with Crippen molar-refractivity contribution in [2.45, 2.75) is 321 Å². The third-order valence-electron chi connectivity index (χ3n) is 15.6. The molecule has 3 unspecified atom stereocenters. The molecule has 0 saturated heterocycles. The molecule has 0 aliphatic rings. The predicted octanol–water partition coefficient (Wildman–Crippen LogP) is 23.2. The number of nitrogens with zero attached hydrogens (tertiary/aromatic N) is 1. The first-order chi connectivity index (χ1) is 42.0. The lowest BCUT2D eigenvalue weighted by atomic mass is 10.0. The molecule has 1 amide bonds. The zero-order valence-corrected chi connectivity index (χ0v) is 57.7. The van der Waals surface area contributed by atoms with Crippen LogP contribution in [0.3, 0.4) is 0 Å². The molecule has 0 rings (SSSR count). The summed E-state index contributed by atoms with van der Waals surface area (Å²) in [5, 5.41) is 14.0. The Hall–Kier alpha value is -3.10. The van der Waals surface area contributed by atoms with Crippen molar-refractivity contribution in [1.82, 2.24) is 5.32 Å². The van der Waals surface area contributed by atoms with Gasteiger partial charge in [0.1, 0.15) is 13.2 Å². The van der Waals surface area contributed by atoms with Crippen LogP contribution in [0.2, 0.25) is 0 Å². The Morgan fingerprint density at radius 2 is 0.709 bits per heavy atom. The lowest BCUT2D eigenvalue weighted by molar-refractivity contribution is -0.870. The van der Waals surface area contributed by atoms with Gasteiger partial charge in [-0.05, 0) is 103 Å². The van der Waals surface area contributed by atoms with Gasteiger partial charge in [0.25, 0.3) is 0 Å². The summed E-state index contributed by atoms with van der Waals surface area (Å²) in [6.45, 7) is 4.69. The van der Waals surface area contributed by atoms with E-state index in [-0.39, 0.29) is 19.1 Å². The van der Waals surface area contributed by atoms with Crippen LogP contribution < -0.4 is 5.32 Å². The summed E-state index contributed by atoms with van der Waals surface area (Å²) in [6.07, 6.45) is 99.3. The summed E-state index contributed by atoms with van der Waals surface area (Å²) >= 11 is 0. The molecule has 9 heteroatoms. The zero-order chi connectivity index (χ0) is 62.6. The highest BCUT2D eigenvalue weighted by molar-refractivity contribution is 7.47. The predicted molar refractivity (Wildman–Crippen MR) is 378 cm³/mol. The van der Waals surface area contributed by atoms with E-state index in [1.807, 2.05) is 27.2 Å². The van der Waals surface area contributed by atoms with E-state index < -0.39 is 20.0 Å². The maximum atomic E-state index is 13.1. The van der Waals surface area contributed by atoms with Crippen molar-refractivity contribution in [2.24, 2.45) is 0 Å². The van der Waals surface area contributed by atoms with Crippen molar-refractivity contribution >= 4 is 13.7 Å². The first-order valence-corrected chi connectivity index (χ1v) is 37.4. The molecule has 3 atom stereocenters. The highest BCUT2D eigenvalue weighted by Gasteiger charge is 2.28. The number of allylic oxidation sites excluding steroid dienone is 19. The number of carbonyl (C=O) groups is 1. The second-order valence-electron chi connectivity index (χ2n) is 25.2. The SMILES string of the molecule is CC/C=C\C/C=C\C/C=C\C/C=C\C/C=C\C/C=C\C/C=C\CCCCCCCCCCCCCC(=O)NC(COP(=O)(O)OCC[N+](C)(C)C)C(O)/C=C/CC/C=C/CC/C=C/CCCCCCCCCCCCCCCCCCCCCCC. The molecule has 0 radical (unpaired) electrons. The van der Waals surface area contributed by atoms with E-state index >= 15 is 0 Å². The van der Waals surface area contributed by atoms with E-state index in [4.69, 9.17) is 9.05 Å². The number of nitrogens with one attached hydrogen (secondary N) is 1. The molecule has 0 bridgehead atoms. The third-order valence-corrected chi connectivity index (χ3v) is 16.6. The Bertz CT molecular complexity index is 1820. The number of amides is 1. The first-order valence-electron chi connectivity index (χ1n) is 35.9. The van der Waals surface area contributed by atoms with Crippen molar-refractivity contribution in [1.29, 1.82) is 0 Å². The minimum atomic E-state index is -4.38. The zero-order valence-electron chi connectivity index (χ0n) is 56.8. The van der Waals surface area contributed by atoms with E-state index in [2.05, 4.69) is 129 Å². The molecule has 0 aromatic heterocycles. The number of likely N-dealkylation sites (N-methyl/N-ethyl adjacent to an activating group) is 1. The van der Waals surface area contributed by atoms with E-state index in [0.717, 1.165) is 89.9 Å². The Balaban J connectivity index is 4.16. The van der Waals surface area contributed by atoms with Gasteiger partial charge in [0.2, 0.25) is 5.91 Å². The van der Waals surface area contributed by atoms with Crippen LogP contribution in [-0.2, 0) is 18.4 Å². The van der Waals surface area contributed by atoms with Crippen molar-refractivity contribution in [2.75, 3.05) is 40.9 Å². The van der Waals surface area contributed by atoms with E-state index in [0.29, 0.717) is 17.4 Å². The third kappa shape index (κ3) is 68.4. The molecule has 0 fully saturated rings. The van der Waals surface area contributed by atoms with Gasteiger partial charge in [-0.2, -0.15) is 0 Å². The number of phosphoric acid groups is 1. The lowest BCUT2D eigenvalue weighted by Crippen LogP contribution is -2.45. The Kier molecular flexibility index (Phi) is 63.9. The number of rotatable bonds is 65. The van der Waals surface area contributed by atoms with Crippen LogP contribution in [0.1, 0.15) is 309 Å². The second-order valence-corrected chi connectivity index (χ2v) is 26.7. The largest absolute Gasteiger partial charge is 0.472 e. The van der Waals surface area contributed by atoms with Crippen LogP contribution in [0.4, 0.5) is 0 Å². The van der Waals surface area contributed by atoms with Crippen LogP contribution in [0.5, 0.6) is 0 Å². The molecule has 3 N–H and O–H groups in total. The van der Waals surface area contributed by atoms with Gasteiger partial charge >= 0.3 is 7.82 Å². The molecule has 0 aliphatic carbocycles. The monoisotopic (exact) mass is 1220 g/mol. The van der Waals surface area contributed by atoms with Crippen molar-refractivity contribution in [3.05, 3.63) is 122 Å². The maximum absolute atomic E-state index is 13.1. The van der Waals surface area contributed by atoms with Crippen LogP contribution >= 0.6 is 7.82 Å². The van der Waals surface area contributed by atoms with Crippen LogP contribution in [-0.4, -0.2) is 73.4 Å². The summed E-state index contributed by atoms with van der Waals surface area (Å²) < 4.78 is 23.8. The number of aliphatic hydroxyl groups is 1. The number of carbonyl (C=O) groups excluding carboxylic acids is 1. The van der Waals surface area contributed by atoms with Crippen LogP contribution in [0, 0.1) is 0 Å². The number of hydrogen-bond acceptors (Lipinski definition) is 5. The Labute approximate surface area is 533 Å². The van der Waals surface area contributed by atoms with Gasteiger partial charge in [-0.25, -0.2) is 4.57 Å². The molecule has 496 valence electrons. The first kappa shape index (κ1) is 82.9. The number of phosphoric ester groups is 1. The Morgan fingerprint density at radius 1 is 0.407 bits per heavy atom. The quantitative estimate of drug-likeness (QED) is 0.0243. The molecular formula is C77H138N2O6P+. The fraction of sp³-hybridized carbons (Fsp3) is 0.727. The van der Waals surface area contributed by atoms with E-state index in [1.165, 1.54) is 199 Å². The van der Waals surface area contributed by atoms with Crippen molar-refractivity contribution < 1.29 is 32.9 Å². The normalized spacial score (nSPS) is 14.4. The highest BCUT2D eigenvalue weighted by atomic mass is 31.2. The second kappa shape index (κ2) is 66.3. The fourth-order valence-corrected chi connectivity index (χ4v) is 10.9. The topological polar surface area (TPSA) is 105 Å². The van der Waals surface area contributed by atoms with E-state index in [9.17, 15) is 19.4 Å². The standard InChI is InChI=1S/C77H137N2O6P/c1-6-8-10-12-14-16-18-20-22-24-26-28-30-32-34-36-38-39-41-43-45-47-49-51-53-55-57-59-61-63-65-67-69-71-77(81)78-75(74-85-86(82,83)84-73-72-79(3,4)5)76(80)70-68-66-64-62-60-58-56-54-52-50-48-46-44-42-40-37-35-33-31-29-27-25-23-21-19-17-15-13-11-9-7-2/h8,10,14,16,20,22,26,28,32,34,38-39,43,45,52,54,60,62,68,70,75-76,80H,6-7,9,11-13,15,17-19,21,23-25,27,29-31,33,35-37,40-42,44,46-51,53,55-59,61,63-67,69,71-74H2,1-5H3,(H-,78,81,82,83)/p+1/b10-8-,16-14-,22-20-,28-26-,34-32-,39-38-,45-43-,54-52+,62-60+,70-68+. The summed E-state index contributed by atoms with van der Waals surface area (Å²) in [5.74, 6) is -0.196. The fourth-order valence-electron chi connectivity index (χ4n) is 10.1. The summed E-state index contributed by atoms with van der Waals surface area (Å²) in [5.41, 5.74) is 0. The molecule has 0 aromatic rings. The number of quaternary nitrogens is 1. The van der Waals surface area contributed by atoms with Crippen molar-refractivity contribution in [3.63, 3.8) is 0 Å². The molecule has 0 spiro atoms. The highest BCUT2D eigenvalue weighted by Crippen LogP contribution is 2.43. The van der Waals surface area contributed by atoms with Gasteiger partial charge in [-0.1, -0.05) is 322 Å². The van der Waals surface area contributed by atoms with Gasteiger partial charge in [0.15, 0.2) is 0 Å². The number of aliphatic hydroxyl groups excluding tert-OH is 1. The maximum Gasteiger partial charge on any atom is 0.472 e. The summed E-state index contributed by atoms with van der Waals surface area (Å²) in [6, 6.07) is -0.882. The van der Waals surface area contributed by atoms with Gasteiger partial charge in [0.05, 0.1) is 39.9 Å². The molecular weight excluding hydrogens is 1080 g/mol. The van der Waals surface area contributed by atoms with Gasteiger partial charge in [-0.15, -0.1) is 0 Å². The summed E-state index contributed by atoms with van der Waals surface area (Å²) in [7, 11) is 1.54. The molecule has 8 nitrogen and oxygen atoms in total. The molecule has 86 heavy (non-hydrogen) atoms. The minimum absolute atomic E-state index is 0.0476. The minimum Gasteiger partial charge on any atom is -0.387 e. The van der Waals surface area contributed by atoms with Crippen LogP contribution in [0.15, 0.2) is 122 Å². The molecule has 0 aromatic carbocycles. The number of unbranched alkanes of at least 4 members (excludes halogenated alkanes) is 34. The Morgan fingerprint density at radius 3 is 1.07 bits per heavy atom. The smallest absolute Gasteiger partial charge is 0.387 e. The molecule has 0 aliphatic heterocycles. The lowest BCUT2D eigenvalue weighted by Gasteiger charge is -2.25.